The second kappa shape index (κ2) is 9.46. The molecule has 0 aromatic heterocycles. The van der Waals surface area contributed by atoms with E-state index in [2.05, 4.69) is 5.32 Å². The minimum atomic E-state index is -0.528. The lowest BCUT2D eigenvalue weighted by molar-refractivity contribution is -0.135. The summed E-state index contributed by atoms with van der Waals surface area (Å²) in [6.07, 6.45) is -0.0211. The lowest BCUT2D eigenvalue weighted by atomic mass is 10.2. The molecular formula is C16H29N3O5. The average molecular weight is 343 g/mol. The predicted octanol–water partition coefficient (Wildman–Crippen LogP) is 0.609. The minimum absolute atomic E-state index is 0.0688. The van der Waals surface area contributed by atoms with Gasteiger partial charge in [0.15, 0.2) is 0 Å². The maximum Gasteiger partial charge on any atom is 0.410 e. The number of hydrogen-bond acceptors (Lipinski definition) is 5. The van der Waals surface area contributed by atoms with Gasteiger partial charge in [0.25, 0.3) is 0 Å². The van der Waals surface area contributed by atoms with Crippen LogP contribution in [0.1, 0.15) is 33.6 Å². The summed E-state index contributed by atoms with van der Waals surface area (Å²) >= 11 is 0. The number of nitrogens with one attached hydrogen (secondary N) is 1. The highest BCUT2D eigenvalue weighted by Gasteiger charge is 2.27. The first kappa shape index (κ1) is 20.2. The Hall–Kier alpha value is -1.83. The summed E-state index contributed by atoms with van der Waals surface area (Å²) in [7, 11) is 1.56. The first-order valence-corrected chi connectivity index (χ1v) is 8.24. The molecule has 1 fully saturated rings. The van der Waals surface area contributed by atoms with Crippen molar-refractivity contribution in [2.45, 2.75) is 39.2 Å². The maximum absolute atomic E-state index is 12.1. The fraction of sp³-hybridized carbons (Fsp3) is 0.812. The van der Waals surface area contributed by atoms with Gasteiger partial charge >= 0.3 is 6.09 Å². The fourth-order valence-electron chi connectivity index (χ4n) is 2.22. The molecule has 1 rings (SSSR count). The number of ether oxygens (including phenoxy) is 2. The van der Waals surface area contributed by atoms with Gasteiger partial charge in [-0.1, -0.05) is 0 Å². The third-order valence-electron chi connectivity index (χ3n) is 3.48. The Kier molecular flexibility index (Phi) is 7.97. The van der Waals surface area contributed by atoms with Crippen LogP contribution in [0.5, 0.6) is 0 Å². The normalized spacial score (nSPS) is 15.2. The van der Waals surface area contributed by atoms with Crippen LogP contribution in [0.4, 0.5) is 4.79 Å². The molecule has 24 heavy (non-hydrogen) atoms. The molecule has 1 aliphatic heterocycles. The van der Waals surface area contributed by atoms with E-state index in [1.54, 1.807) is 16.9 Å². The van der Waals surface area contributed by atoms with Crippen LogP contribution in [-0.2, 0) is 19.1 Å². The Balaban J connectivity index is 2.28. The SMILES string of the molecule is COCCNC(=O)CCC(=O)N1CCN(C(=O)OC(C)(C)C)CC1. The van der Waals surface area contributed by atoms with Crippen LogP contribution in [0.2, 0.25) is 0 Å². The number of methoxy groups -OCH3 is 1. The molecule has 3 amide bonds. The molecule has 0 aromatic carbocycles. The van der Waals surface area contributed by atoms with Crippen molar-refractivity contribution in [3.63, 3.8) is 0 Å². The van der Waals surface area contributed by atoms with E-state index in [1.807, 2.05) is 20.8 Å². The van der Waals surface area contributed by atoms with Gasteiger partial charge in [-0.2, -0.15) is 0 Å². The summed E-state index contributed by atoms with van der Waals surface area (Å²) in [6.45, 7) is 8.17. The molecule has 0 unspecified atom stereocenters. The molecule has 1 heterocycles. The predicted molar refractivity (Wildman–Crippen MR) is 88.5 cm³/mol. The second-order valence-corrected chi connectivity index (χ2v) is 6.69. The average Bonchev–Trinajstić information content (AvgIpc) is 2.51. The number of piperazine rings is 1. The monoisotopic (exact) mass is 343 g/mol. The molecule has 8 heteroatoms. The molecule has 1 aliphatic rings. The number of nitrogens with zero attached hydrogens (tertiary/aromatic N) is 2. The maximum atomic E-state index is 12.1. The van der Waals surface area contributed by atoms with Gasteiger partial charge in [-0.25, -0.2) is 4.79 Å². The number of amides is 3. The lowest BCUT2D eigenvalue weighted by Crippen LogP contribution is -2.51. The van der Waals surface area contributed by atoms with Gasteiger partial charge in [-0.3, -0.25) is 9.59 Å². The summed E-state index contributed by atoms with van der Waals surface area (Å²) in [5.41, 5.74) is -0.528. The molecule has 0 saturated carbocycles. The first-order valence-electron chi connectivity index (χ1n) is 8.24. The van der Waals surface area contributed by atoms with Gasteiger partial charge in [0.1, 0.15) is 5.60 Å². The molecule has 1 saturated heterocycles. The van der Waals surface area contributed by atoms with Crippen LogP contribution >= 0.6 is 0 Å². The highest BCUT2D eigenvalue weighted by Crippen LogP contribution is 2.12. The molecule has 0 aromatic rings. The zero-order valence-electron chi connectivity index (χ0n) is 15.1. The largest absolute Gasteiger partial charge is 0.444 e. The second-order valence-electron chi connectivity index (χ2n) is 6.69. The van der Waals surface area contributed by atoms with Crippen molar-refractivity contribution in [1.29, 1.82) is 0 Å². The number of carbonyl (C=O) groups is 3. The van der Waals surface area contributed by atoms with Crippen LogP contribution < -0.4 is 5.32 Å². The van der Waals surface area contributed by atoms with E-state index in [4.69, 9.17) is 9.47 Å². The molecule has 138 valence electrons. The van der Waals surface area contributed by atoms with Gasteiger partial charge < -0.3 is 24.6 Å². The zero-order chi connectivity index (χ0) is 18.2. The van der Waals surface area contributed by atoms with Gasteiger partial charge in [0.2, 0.25) is 11.8 Å². The van der Waals surface area contributed by atoms with E-state index < -0.39 is 5.60 Å². The van der Waals surface area contributed by atoms with E-state index in [9.17, 15) is 14.4 Å². The van der Waals surface area contributed by atoms with Gasteiger partial charge in [0.05, 0.1) is 6.61 Å². The summed E-state index contributed by atoms with van der Waals surface area (Å²) in [6, 6.07) is 0. The Labute approximate surface area is 143 Å². The Bertz CT molecular complexity index is 439. The summed E-state index contributed by atoms with van der Waals surface area (Å²) in [5.74, 6) is -0.228. The lowest BCUT2D eigenvalue weighted by Gasteiger charge is -2.35. The molecule has 8 nitrogen and oxygen atoms in total. The van der Waals surface area contributed by atoms with Gasteiger partial charge in [0, 0.05) is 52.7 Å². The summed E-state index contributed by atoms with van der Waals surface area (Å²) in [4.78, 5) is 39.0. The van der Waals surface area contributed by atoms with Gasteiger partial charge in [-0.15, -0.1) is 0 Å². The molecule has 0 atom stereocenters. The summed E-state index contributed by atoms with van der Waals surface area (Å²) < 4.78 is 10.2. The number of rotatable bonds is 6. The van der Waals surface area contributed by atoms with Gasteiger partial charge in [-0.05, 0) is 20.8 Å². The summed E-state index contributed by atoms with van der Waals surface area (Å²) in [5, 5.41) is 2.68. The van der Waals surface area contributed by atoms with Crippen molar-refractivity contribution in [3.05, 3.63) is 0 Å². The quantitative estimate of drug-likeness (QED) is 0.714. The third-order valence-corrected chi connectivity index (χ3v) is 3.48. The van der Waals surface area contributed by atoms with Crippen molar-refractivity contribution in [3.8, 4) is 0 Å². The Morgan fingerprint density at radius 3 is 2.12 bits per heavy atom. The highest BCUT2D eigenvalue weighted by atomic mass is 16.6. The van der Waals surface area contributed by atoms with E-state index in [0.717, 1.165) is 0 Å². The molecule has 0 spiro atoms. The van der Waals surface area contributed by atoms with E-state index >= 15 is 0 Å². The van der Waals surface area contributed by atoms with Crippen molar-refractivity contribution in [1.82, 2.24) is 15.1 Å². The number of carbonyl (C=O) groups excluding carboxylic acids is 3. The van der Waals surface area contributed by atoms with Crippen LogP contribution in [-0.4, -0.2) is 79.7 Å². The fourth-order valence-corrected chi connectivity index (χ4v) is 2.22. The van der Waals surface area contributed by atoms with E-state index in [-0.39, 0.29) is 30.7 Å². The standard InChI is InChI=1S/C16H29N3O5/c1-16(2,3)24-15(22)19-10-8-18(9-11-19)14(21)6-5-13(20)17-7-12-23-4/h5-12H2,1-4H3,(H,17,20). The van der Waals surface area contributed by atoms with Crippen molar-refractivity contribution in [2.24, 2.45) is 0 Å². The minimum Gasteiger partial charge on any atom is -0.444 e. The van der Waals surface area contributed by atoms with Crippen molar-refractivity contribution < 1.29 is 23.9 Å². The highest BCUT2D eigenvalue weighted by molar-refractivity contribution is 5.84. The molecular weight excluding hydrogens is 314 g/mol. The van der Waals surface area contributed by atoms with Crippen molar-refractivity contribution in [2.75, 3.05) is 46.4 Å². The molecule has 0 aliphatic carbocycles. The topological polar surface area (TPSA) is 88.2 Å². The Morgan fingerprint density at radius 1 is 1.00 bits per heavy atom. The molecule has 0 bridgehead atoms. The first-order chi connectivity index (χ1) is 11.2. The third kappa shape index (κ3) is 7.63. The van der Waals surface area contributed by atoms with Crippen molar-refractivity contribution >= 4 is 17.9 Å². The molecule has 0 radical (unpaired) electrons. The molecule has 1 N–H and O–H groups in total. The number of hydrogen-bond donors (Lipinski definition) is 1. The van der Waals surface area contributed by atoms with Crippen LogP contribution in [0, 0.1) is 0 Å². The smallest absolute Gasteiger partial charge is 0.410 e. The van der Waals surface area contributed by atoms with Crippen LogP contribution in [0.3, 0.4) is 0 Å². The van der Waals surface area contributed by atoms with Crippen LogP contribution in [0.15, 0.2) is 0 Å². The zero-order valence-corrected chi connectivity index (χ0v) is 15.1. The Morgan fingerprint density at radius 2 is 1.58 bits per heavy atom. The van der Waals surface area contributed by atoms with E-state index in [1.165, 1.54) is 0 Å². The van der Waals surface area contributed by atoms with Crippen LogP contribution in [0.25, 0.3) is 0 Å². The van der Waals surface area contributed by atoms with E-state index in [0.29, 0.717) is 39.3 Å².